The molecule has 1 aromatic carbocycles. The molecule has 1 N–H and O–H groups in total. The van der Waals surface area contributed by atoms with Crippen molar-refractivity contribution in [3.05, 3.63) is 35.9 Å². The third-order valence-electron chi connectivity index (χ3n) is 4.38. The SMILES string of the molecule is O=C1CC(C2CCCOC2)C(Cc2ccccc2)N1. The third kappa shape index (κ3) is 2.98. The van der Waals surface area contributed by atoms with Crippen LogP contribution in [-0.2, 0) is 16.0 Å². The average molecular weight is 259 g/mol. The van der Waals surface area contributed by atoms with Gasteiger partial charge in [-0.25, -0.2) is 0 Å². The van der Waals surface area contributed by atoms with E-state index < -0.39 is 0 Å². The molecule has 1 aromatic rings. The van der Waals surface area contributed by atoms with Crippen LogP contribution < -0.4 is 5.32 Å². The minimum Gasteiger partial charge on any atom is -0.381 e. The van der Waals surface area contributed by atoms with Crippen molar-refractivity contribution in [2.75, 3.05) is 13.2 Å². The zero-order valence-corrected chi connectivity index (χ0v) is 11.2. The summed E-state index contributed by atoms with van der Waals surface area (Å²) in [4.78, 5) is 11.7. The molecule has 3 rings (SSSR count). The molecule has 0 aromatic heterocycles. The van der Waals surface area contributed by atoms with E-state index in [2.05, 4.69) is 29.6 Å². The first kappa shape index (κ1) is 12.7. The first-order chi connectivity index (χ1) is 9.33. The maximum atomic E-state index is 11.7. The number of amides is 1. The minimum absolute atomic E-state index is 0.205. The Bertz CT molecular complexity index is 426. The molecule has 2 heterocycles. The largest absolute Gasteiger partial charge is 0.381 e. The van der Waals surface area contributed by atoms with E-state index in [0.29, 0.717) is 18.3 Å². The van der Waals surface area contributed by atoms with Crippen molar-refractivity contribution in [3.8, 4) is 0 Å². The van der Waals surface area contributed by atoms with Crippen molar-refractivity contribution < 1.29 is 9.53 Å². The van der Waals surface area contributed by atoms with Gasteiger partial charge in [0.15, 0.2) is 0 Å². The van der Waals surface area contributed by atoms with Gasteiger partial charge in [0.25, 0.3) is 0 Å². The van der Waals surface area contributed by atoms with Crippen LogP contribution in [0.4, 0.5) is 0 Å². The highest BCUT2D eigenvalue weighted by atomic mass is 16.5. The summed E-state index contributed by atoms with van der Waals surface area (Å²) in [6.45, 7) is 1.71. The predicted molar refractivity (Wildman–Crippen MR) is 73.7 cm³/mol. The smallest absolute Gasteiger partial charge is 0.220 e. The van der Waals surface area contributed by atoms with E-state index in [1.807, 2.05) is 6.07 Å². The summed E-state index contributed by atoms with van der Waals surface area (Å²) in [5, 5.41) is 3.16. The topological polar surface area (TPSA) is 38.3 Å². The van der Waals surface area contributed by atoms with Gasteiger partial charge in [0.2, 0.25) is 5.91 Å². The van der Waals surface area contributed by atoms with Gasteiger partial charge in [-0.15, -0.1) is 0 Å². The molecule has 2 fully saturated rings. The summed E-state index contributed by atoms with van der Waals surface area (Å²) in [6.07, 6.45) is 3.94. The average Bonchev–Trinajstić information content (AvgIpc) is 2.82. The fourth-order valence-electron chi connectivity index (χ4n) is 3.40. The second kappa shape index (κ2) is 5.74. The molecule has 3 unspecified atom stereocenters. The molecule has 3 heteroatoms. The standard InChI is InChI=1S/C16H21NO2/c18-16-10-14(13-7-4-8-19-11-13)15(17-16)9-12-5-2-1-3-6-12/h1-3,5-6,13-15H,4,7-11H2,(H,17,18). The fraction of sp³-hybridized carbons (Fsp3) is 0.562. The lowest BCUT2D eigenvalue weighted by molar-refractivity contribution is -0.119. The van der Waals surface area contributed by atoms with E-state index >= 15 is 0 Å². The van der Waals surface area contributed by atoms with Crippen molar-refractivity contribution in [3.63, 3.8) is 0 Å². The molecular formula is C16H21NO2. The molecule has 0 bridgehead atoms. The van der Waals surface area contributed by atoms with E-state index in [1.54, 1.807) is 0 Å². The van der Waals surface area contributed by atoms with Crippen molar-refractivity contribution >= 4 is 5.91 Å². The van der Waals surface area contributed by atoms with Crippen LogP contribution in [0.2, 0.25) is 0 Å². The maximum Gasteiger partial charge on any atom is 0.220 e. The quantitative estimate of drug-likeness (QED) is 0.903. The Morgan fingerprint density at radius 3 is 2.84 bits per heavy atom. The highest BCUT2D eigenvalue weighted by Crippen LogP contribution is 2.32. The Kier molecular flexibility index (Phi) is 3.83. The molecule has 2 aliphatic rings. The van der Waals surface area contributed by atoms with Crippen LogP contribution in [0.3, 0.4) is 0 Å². The summed E-state index contributed by atoms with van der Waals surface area (Å²) in [5.74, 6) is 1.19. The molecule has 2 saturated heterocycles. The van der Waals surface area contributed by atoms with E-state index in [-0.39, 0.29) is 11.9 Å². The lowest BCUT2D eigenvalue weighted by Gasteiger charge is -2.30. The third-order valence-corrected chi connectivity index (χ3v) is 4.38. The summed E-state index contributed by atoms with van der Waals surface area (Å²) < 4.78 is 5.59. The molecule has 0 spiro atoms. The first-order valence-electron chi connectivity index (χ1n) is 7.24. The molecule has 0 saturated carbocycles. The van der Waals surface area contributed by atoms with Crippen LogP contribution in [-0.4, -0.2) is 25.2 Å². The Labute approximate surface area is 114 Å². The Balaban J connectivity index is 1.69. The Hall–Kier alpha value is -1.35. The van der Waals surface area contributed by atoms with Gasteiger partial charge in [0.1, 0.15) is 0 Å². The number of hydrogen-bond donors (Lipinski definition) is 1. The Morgan fingerprint density at radius 2 is 2.11 bits per heavy atom. The van der Waals surface area contributed by atoms with Crippen LogP contribution in [0.15, 0.2) is 30.3 Å². The molecule has 1 amide bonds. The highest BCUT2D eigenvalue weighted by molar-refractivity contribution is 5.79. The van der Waals surface area contributed by atoms with Crippen molar-refractivity contribution in [2.45, 2.75) is 31.7 Å². The highest BCUT2D eigenvalue weighted by Gasteiger charge is 2.38. The van der Waals surface area contributed by atoms with E-state index in [9.17, 15) is 4.79 Å². The lowest BCUT2D eigenvalue weighted by Crippen LogP contribution is -2.36. The number of carbonyl (C=O) groups is 1. The van der Waals surface area contributed by atoms with E-state index in [4.69, 9.17) is 4.74 Å². The first-order valence-corrected chi connectivity index (χ1v) is 7.24. The predicted octanol–water partition coefficient (Wildman–Crippen LogP) is 2.16. The van der Waals surface area contributed by atoms with Crippen LogP contribution in [0, 0.1) is 11.8 Å². The van der Waals surface area contributed by atoms with Gasteiger partial charge in [0, 0.05) is 25.7 Å². The molecule has 102 valence electrons. The zero-order valence-electron chi connectivity index (χ0n) is 11.2. The monoisotopic (exact) mass is 259 g/mol. The van der Waals surface area contributed by atoms with Gasteiger partial charge < -0.3 is 10.1 Å². The fourth-order valence-corrected chi connectivity index (χ4v) is 3.40. The van der Waals surface area contributed by atoms with Crippen molar-refractivity contribution in [1.82, 2.24) is 5.32 Å². The summed E-state index contributed by atoms with van der Waals surface area (Å²) in [5.41, 5.74) is 1.30. The van der Waals surface area contributed by atoms with Crippen LogP contribution in [0.1, 0.15) is 24.8 Å². The maximum absolute atomic E-state index is 11.7. The number of rotatable bonds is 3. The normalized spacial score (nSPS) is 31.2. The minimum atomic E-state index is 0.205. The van der Waals surface area contributed by atoms with Crippen molar-refractivity contribution in [1.29, 1.82) is 0 Å². The van der Waals surface area contributed by atoms with Gasteiger partial charge in [-0.05, 0) is 36.7 Å². The number of ether oxygens (including phenoxy) is 1. The van der Waals surface area contributed by atoms with Gasteiger partial charge in [-0.3, -0.25) is 4.79 Å². The molecule has 0 aliphatic carbocycles. The van der Waals surface area contributed by atoms with Crippen LogP contribution in [0.25, 0.3) is 0 Å². The summed E-state index contributed by atoms with van der Waals surface area (Å²) in [6, 6.07) is 10.7. The van der Waals surface area contributed by atoms with Gasteiger partial charge >= 0.3 is 0 Å². The van der Waals surface area contributed by atoms with Crippen LogP contribution >= 0.6 is 0 Å². The van der Waals surface area contributed by atoms with Crippen molar-refractivity contribution in [2.24, 2.45) is 11.8 Å². The molecule has 3 nitrogen and oxygen atoms in total. The van der Waals surface area contributed by atoms with Gasteiger partial charge in [0.05, 0.1) is 0 Å². The number of carbonyl (C=O) groups excluding carboxylic acids is 1. The summed E-state index contributed by atoms with van der Waals surface area (Å²) >= 11 is 0. The lowest BCUT2D eigenvalue weighted by atomic mass is 9.81. The number of nitrogens with one attached hydrogen (secondary N) is 1. The van der Waals surface area contributed by atoms with Crippen LogP contribution in [0.5, 0.6) is 0 Å². The number of benzene rings is 1. The Morgan fingerprint density at radius 1 is 1.26 bits per heavy atom. The molecular weight excluding hydrogens is 238 g/mol. The van der Waals surface area contributed by atoms with Gasteiger partial charge in [-0.2, -0.15) is 0 Å². The van der Waals surface area contributed by atoms with E-state index in [0.717, 1.165) is 26.1 Å². The molecule has 3 atom stereocenters. The number of hydrogen-bond acceptors (Lipinski definition) is 2. The molecule has 2 aliphatic heterocycles. The van der Waals surface area contributed by atoms with Gasteiger partial charge in [-0.1, -0.05) is 30.3 Å². The van der Waals surface area contributed by atoms with E-state index in [1.165, 1.54) is 12.0 Å². The molecule has 0 radical (unpaired) electrons. The molecule has 19 heavy (non-hydrogen) atoms. The zero-order chi connectivity index (χ0) is 13.1. The second-order valence-electron chi connectivity index (χ2n) is 5.71. The second-order valence-corrected chi connectivity index (χ2v) is 5.71. The summed E-state index contributed by atoms with van der Waals surface area (Å²) in [7, 11) is 0.